The number of carbonyl (C=O) groups excluding carboxylic acids is 1. The van der Waals surface area contributed by atoms with Crippen LogP contribution >= 0.6 is 7.82 Å². The van der Waals surface area contributed by atoms with Crippen LogP contribution in [0.3, 0.4) is 0 Å². The molecule has 0 saturated carbocycles. The van der Waals surface area contributed by atoms with Crippen molar-refractivity contribution in [3.63, 3.8) is 0 Å². The Kier molecular flexibility index (Phi) is 43.9. The first-order valence-electron chi connectivity index (χ1n) is 26.6. The maximum absolute atomic E-state index is 12.9. The molecule has 364 valence electrons. The van der Waals surface area contributed by atoms with Crippen molar-refractivity contribution in [3.05, 3.63) is 12.2 Å². The molecule has 8 nitrogen and oxygen atoms in total. The topological polar surface area (TPSA) is 105 Å². The summed E-state index contributed by atoms with van der Waals surface area (Å²) in [7, 11) is 1.58. The van der Waals surface area contributed by atoms with E-state index in [1.165, 1.54) is 205 Å². The molecule has 0 bridgehead atoms. The van der Waals surface area contributed by atoms with Crippen LogP contribution in [0.5, 0.6) is 0 Å². The van der Waals surface area contributed by atoms with Gasteiger partial charge in [-0.25, -0.2) is 4.57 Å². The predicted octanol–water partition coefficient (Wildman–Crippen LogP) is 15.5. The Morgan fingerprint density at radius 2 is 0.869 bits per heavy atom. The summed E-state index contributed by atoms with van der Waals surface area (Å²) in [4.78, 5) is 23.1. The monoisotopic (exact) mass is 886 g/mol. The third kappa shape index (κ3) is 47.0. The van der Waals surface area contributed by atoms with E-state index in [2.05, 4.69) is 19.2 Å². The van der Waals surface area contributed by atoms with Gasteiger partial charge in [0.25, 0.3) is 0 Å². The van der Waals surface area contributed by atoms with Gasteiger partial charge in [0.15, 0.2) is 0 Å². The number of rotatable bonds is 49. The molecule has 3 N–H and O–H groups in total. The highest BCUT2D eigenvalue weighted by molar-refractivity contribution is 7.47. The zero-order valence-corrected chi connectivity index (χ0v) is 42.3. The number of nitrogens with zero attached hydrogens (tertiary/aromatic N) is 1. The van der Waals surface area contributed by atoms with E-state index < -0.39 is 20.0 Å². The third-order valence-corrected chi connectivity index (χ3v) is 13.2. The van der Waals surface area contributed by atoms with Crippen molar-refractivity contribution in [1.29, 1.82) is 0 Å². The van der Waals surface area contributed by atoms with E-state index in [0.717, 1.165) is 38.5 Å². The van der Waals surface area contributed by atoms with Crippen LogP contribution in [-0.4, -0.2) is 73.4 Å². The molecule has 0 aromatic carbocycles. The third-order valence-electron chi connectivity index (χ3n) is 12.3. The molecule has 3 unspecified atom stereocenters. The smallest absolute Gasteiger partial charge is 0.387 e. The summed E-state index contributed by atoms with van der Waals surface area (Å²) >= 11 is 0. The fourth-order valence-corrected chi connectivity index (χ4v) is 8.78. The molecule has 3 atom stereocenters. The number of aliphatic hydroxyl groups excluding tert-OH is 1. The van der Waals surface area contributed by atoms with Crippen LogP contribution in [0.25, 0.3) is 0 Å². The zero-order valence-electron chi connectivity index (χ0n) is 41.4. The first-order chi connectivity index (χ1) is 29.5. The average molecular weight is 886 g/mol. The first-order valence-corrected chi connectivity index (χ1v) is 28.1. The van der Waals surface area contributed by atoms with Crippen molar-refractivity contribution in [1.82, 2.24) is 5.32 Å². The predicted molar refractivity (Wildman–Crippen MR) is 263 cm³/mol. The maximum Gasteiger partial charge on any atom is 0.472 e. The molecule has 61 heavy (non-hydrogen) atoms. The largest absolute Gasteiger partial charge is 0.472 e. The van der Waals surface area contributed by atoms with Gasteiger partial charge in [0.1, 0.15) is 13.2 Å². The Hall–Kier alpha value is -0.760. The Morgan fingerprint density at radius 3 is 1.21 bits per heavy atom. The van der Waals surface area contributed by atoms with Gasteiger partial charge in [-0.1, -0.05) is 251 Å². The summed E-state index contributed by atoms with van der Waals surface area (Å²) in [5.74, 6) is -0.174. The molecule has 0 aliphatic carbocycles. The van der Waals surface area contributed by atoms with Crippen molar-refractivity contribution >= 4 is 13.7 Å². The summed E-state index contributed by atoms with van der Waals surface area (Å²) in [5.41, 5.74) is 0. The highest BCUT2D eigenvalue weighted by Gasteiger charge is 2.27. The summed E-state index contributed by atoms with van der Waals surface area (Å²) < 4.78 is 23.5. The second kappa shape index (κ2) is 44.4. The molecule has 0 saturated heterocycles. The molecule has 0 spiro atoms. The van der Waals surface area contributed by atoms with E-state index in [1.807, 2.05) is 27.2 Å². The minimum absolute atomic E-state index is 0.0644. The number of hydrogen-bond donors (Lipinski definition) is 3. The van der Waals surface area contributed by atoms with E-state index in [0.29, 0.717) is 17.4 Å². The van der Waals surface area contributed by atoms with E-state index in [4.69, 9.17) is 9.05 Å². The van der Waals surface area contributed by atoms with Crippen molar-refractivity contribution in [2.24, 2.45) is 0 Å². The maximum atomic E-state index is 12.9. The van der Waals surface area contributed by atoms with Gasteiger partial charge in [0.05, 0.1) is 39.9 Å². The Balaban J connectivity index is 3.93. The first kappa shape index (κ1) is 60.2. The summed E-state index contributed by atoms with van der Waals surface area (Å²) in [6.45, 7) is 4.81. The van der Waals surface area contributed by atoms with Crippen LogP contribution in [0, 0.1) is 0 Å². The number of carbonyl (C=O) groups is 1. The van der Waals surface area contributed by atoms with Crippen LogP contribution < -0.4 is 5.32 Å². The van der Waals surface area contributed by atoms with Gasteiger partial charge < -0.3 is 19.8 Å². The van der Waals surface area contributed by atoms with E-state index >= 15 is 0 Å². The Labute approximate surface area is 380 Å². The van der Waals surface area contributed by atoms with E-state index in [-0.39, 0.29) is 19.1 Å². The van der Waals surface area contributed by atoms with Gasteiger partial charge in [0.2, 0.25) is 5.91 Å². The second-order valence-electron chi connectivity index (χ2n) is 19.6. The Morgan fingerprint density at radius 1 is 0.541 bits per heavy atom. The zero-order chi connectivity index (χ0) is 45.0. The second-order valence-corrected chi connectivity index (χ2v) is 21.1. The molecule has 1 amide bonds. The van der Waals surface area contributed by atoms with E-state index in [1.54, 1.807) is 6.08 Å². The standard InChI is InChI=1S/C52H105N2O6P/c1-6-8-10-12-14-16-17-18-19-20-21-22-23-24-25-26-27-28-29-30-31-32-33-34-35-36-38-40-42-44-46-52(56)53-50(49-60-61(57,58)59-48-47-54(3,4)5)51(55)45-43-41-39-37-15-13-11-9-7-2/h43,45,50-51,55H,6-42,44,46-49H2,1-5H3,(H-,53,56,57,58)/p+1/b45-43+. The SMILES string of the molecule is CCCCCCCCC/C=C/C(O)C(COP(=O)(O)OCC[N+](C)(C)C)NC(=O)CCCCCCCCCCCCCCCCCCCCCCCCCCCCCCCC. The minimum Gasteiger partial charge on any atom is -0.387 e. The summed E-state index contributed by atoms with van der Waals surface area (Å²) in [5, 5.41) is 13.8. The molecule has 0 aliphatic rings. The number of quaternary nitrogens is 1. The van der Waals surface area contributed by atoms with Crippen molar-refractivity contribution < 1.29 is 32.9 Å². The van der Waals surface area contributed by atoms with Crippen LogP contribution in [0.1, 0.15) is 264 Å². The van der Waals surface area contributed by atoms with Crippen molar-refractivity contribution in [3.8, 4) is 0 Å². The molecule has 0 radical (unpaired) electrons. The molecule has 0 aromatic rings. The normalized spacial score (nSPS) is 14.1. The highest BCUT2D eigenvalue weighted by atomic mass is 31.2. The summed E-state index contributed by atoms with van der Waals surface area (Å²) in [6.07, 6.45) is 53.3. The molecule has 0 aromatic heterocycles. The van der Waals surface area contributed by atoms with Crippen LogP contribution in [0.2, 0.25) is 0 Å². The van der Waals surface area contributed by atoms with Crippen LogP contribution in [0.15, 0.2) is 12.2 Å². The van der Waals surface area contributed by atoms with Gasteiger partial charge in [0, 0.05) is 6.42 Å². The van der Waals surface area contributed by atoms with Gasteiger partial charge in [-0.15, -0.1) is 0 Å². The number of hydrogen-bond acceptors (Lipinski definition) is 5. The van der Waals surface area contributed by atoms with Gasteiger partial charge in [-0.05, 0) is 19.3 Å². The van der Waals surface area contributed by atoms with Gasteiger partial charge >= 0.3 is 7.82 Å². The molecular weight excluding hydrogens is 780 g/mol. The quantitative estimate of drug-likeness (QED) is 0.0243. The average Bonchev–Trinajstić information content (AvgIpc) is 3.21. The highest BCUT2D eigenvalue weighted by Crippen LogP contribution is 2.43. The molecule has 0 aliphatic heterocycles. The fraction of sp³-hybridized carbons (Fsp3) is 0.942. The molecular formula is C52H106N2O6P+. The van der Waals surface area contributed by atoms with Crippen LogP contribution in [0.4, 0.5) is 0 Å². The lowest BCUT2D eigenvalue weighted by Crippen LogP contribution is -2.45. The Bertz CT molecular complexity index is 1000. The lowest BCUT2D eigenvalue weighted by Gasteiger charge is -2.25. The van der Waals surface area contributed by atoms with Gasteiger partial charge in [-0.3, -0.25) is 13.8 Å². The number of nitrogens with one attached hydrogen (secondary N) is 1. The number of unbranched alkanes of at least 4 members (excludes halogenated alkanes) is 36. The number of likely N-dealkylation sites (N-methyl/N-ethyl adjacent to an activating group) is 1. The lowest BCUT2D eigenvalue weighted by molar-refractivity contribution is -0.870. The van der Waals surface area contributed by atoms with E-state index in [9.17, 15) is 19.4 Å². The summed E-state index contributed by atoms with van der Waals surface area (Å²) in [6, 6.07) is -0.839. The number of amides is 1. The molecule has 9 heteroatoms. The molecule has 0 rings (SSSR count). The fourth-order valence-electron chi connectivity index (χ4n) is 8.04. The number of phosphoric ester groups is 1. The number of allylic oxidation sites excluding steroid dienone is 1. The van der Waals surface area contributed by atoms with Crippen molar-refractivity contribution in [2.45, 2.75) is 276 Å². The minimum atomic E-state index is -4.33. The van der Waals surface area contributed by atoms with Crippen LogP contribution in [-0.2, 0) is 18.4 Å². The lowest BCUT2D eigenvalue weighted by atomic mass is 10.0. The number of phosphoric acid groups is 1. The van der Waals surface area contributed by atoms with Gasteiger partial charge in [-0.2, -0.15) is 0 Å². The molecule has 0 fully saturated rings. The molecule has 0 heterocycles. The van der Waals surface area contributed by atoms with Crippen molar-refractivity contribution in [2.75, 3.05) is 40.9 Å². The number of aliphatic hydroxyl groups is 1.